The van der Waals surface area contributed by atoms with Gasteiger partial charge in [-0.15, -0.1) is 11.3 Å². The van der Waals surface area contributed by atoms with Crippen LogP contribution in [0.2, 0.25) is 0 Å². The van der Waals surface area contributed by atoms with Crippen molar-refractivity contribution in [2.45, 2.75) is 13.5 Å². The fourth-order valence-corrected chi connectivity index (χ4v) is 4.77. The molecule has 1 saturated heterocycles. The van der Waals surface area contributed by atoms with Gasteiger partial charge < -0.3 is 15.0 Å². The van der Waals surface area contributed by atoms with E-state index in [9.17, 15) is 4.79 Å². The van der Waals surface area contributed by atoms with Gasteiger partial charge in [-0.2, -0.15) is 0 Å². The number of aryl methyl sites for hydroxylation is 1. The summed E-state index contributed by atoms with van der Waals surface area (Å²) in [6.07, 6.45) is 3.36. The average Bonchev–Trinajstić information content (AvgIpc) is 3.04. The van der Waals surface area contributed by atoms with E-state index in [-0.39, 0.29) is 6.03 Å². The molecule has 1 fully saturated rings. The molecular formula is C21H24N4O2S. The fourth-order valence-electron chi connectivity index (χ4n) is 3.49. The molecule has 4 rings (SSSR count). The van der Waals surface area contributed by atoms with Gasteiger partial charge in [-0.05, 0) is 48.2 Å². The van der Waals surface area contributed by atoms with Gasteiger partial charge >= 0.3 is 6.03 Å². The summed E-state index contributed by atoms with van der Waals surface area (Å²) in [7, 11) is 1.70. The molecule has 0 saturated carbocycles. The van der Waals surface area contributed by atoms with Crippen LogP contribution in [-0.4, -0.2) is 54.1 Å². The number of hydrogen-bond acceptors (Lipinski definition) is 5. The third-order valence-electron chi connectivity index (χ3n) is 5.18. The number of methoxy groups -OCH3 is 1. The topological polar surface area (TPSA) is 57.7 Å². The SMILES string of the molecule is COc1ccc2c(C)c(CN3CCN(C(=O)Nc4cccnc4)CC3)sc2c1. The van der Waals surface area contributed by atoms with Crippen molar-refractivity contribution in [3.8, 4) is 5.75 Å². The first-order valence-corrected chi connectivity index (χ1v) is 10.2. The van der Waals surface area contributed by atoms with E-state index in [4.69, 9.17) is 4.74 Å². The van der Waals surface area contributed by atoms with Gasteiger partial charge in [-0.25, -0.2) is 4.79 Å². The first kappa shape index (κ1) is 18.7. The smallest absolute Gasteiger partial charge is 0.321 e. The highest BCUT2D eigenvalue weighted by Crippen LogP contribution is 2.34. The number of pyridine rings is 1. The summed E-state index contributed by atoms with van der Waals surface area (Å²) in [5, 5.41) is 4.21. The number of nitrogens with zero attached hydrogens (tertiary/aromatic N) is 3. The van der Waals surface area contributed by atoms with E-state index in [1.54, 1.807) is 19.5 Å². The number of benzene rings is 1. The zero-order valence-corrected chi connectivity index (χ0v) is 17.0. The Labute approximate surface area is 168 Å². The monoisotopic (exact) mass is 396 g/mol. The zero-order valence-electron chi connectivity index (χ0n) is 16.1. The molecule has 2 amide bonds. The number of aromatic nitrogens is 1. The van der Waals surface area contributed by atoms with Crippen LogP contribution in [0.15, 0.2) is 42.7 Å². The number of hydrogen-bond donors (Lipinski definition) is 1. The van der Waals surface area contributed by atoms with Crippen LogP contribution in [0.3, 0.4) is 0 Å². The maximum atomic E-state index is 12.4. The van der Waals surface area contributed by atoms with Gasteiger partial charge in [0.15, 0.2) is 0 Å². The molecule has 1 aromatic carbocycles. The summed E-state index contributed by atoms with van der Waals surface area (Å²) < 4.78 is 6.61. The Morgan fingerprint density at radius 3 is 2.79 bits per heavy atom. The van der Waals surface area contributed by atoms with Crippen LogP contribution < -0.4 is 10.1 Å². The molecule has 6 nitrogen and oxygen atoms in total. The predicted molar refractivity (Wildman–Crippen MR) is 113 cm³/mol. The van der Waals surface area contributed by atoms with Crippen molar-refractivity contribution < 1.29 is 9.53 Å². The molecule has 1 N–H and O–H groups in total. The minimum Gasteiger partial charge on any atom is -0.497 e. The number of amides is 2. The van der Waals surface area contributed by atoms with E-state index < -0.39 is 0 Å². The number of carbonyl (C=O) groups is 1. The molecule has 0 aliphatic carbocycles. The normalized spacial score (nSPS) is 15.0. The van der Waals surface area contributed by atoms with Crippen molar-refractivity contribution in [1.29, 1.82) is 0 Å². The van der Waals surface area contributed by atoms with Crippen LogP contribution in [-0.2, 0) is 6.54 Å². The standard InChI is InChI=1S/C21H24N4O2S/c1-15-18-6-5-17(27-2)12-19(18)28-20(15)14-24-8-10-25(11-9-24)21(26)23-16-4-3-7-22-13-16/h3-7,12-13H,8-11,14H2,1-2H3,(H,23,26). The second kappa shape index (κ2) is 8.16. The van der Waals surface area contributed by atoms with Gasteiger partial charge in [-0.3, -0.25) is 9.88 Å². The lowest BCUT2D eigenvalue weighted by Crippen LogP contribution is -2.49. The average molecular weight is 397 g/mol. The van der Waals surface area contributed by atoms with Crippen LogP contribution in [0.5, 0.6) is 5.75 Å². The molecule has 146 valence electrons. The van der Waals surface area contributed by atoms with Crippen molar-refractivity contribution in [3.05, 3.63) is 53.2 Å². The summed E-state index contributed by atoms with van der Waals surface area (Å²) in [5.41, 5.74) is 2.07. The number of ether oxygens (including phenoxy) is 1. The Hall–Kier alpha value is -2.64. The molecule has 1 aliphatic heterocycles. The van der Waals surface area contributed by atoms with Gasteiger partial charge in [0.2, 0.25) is 0 Å². The Bertz CT molecular complexity index is 965. The van der Waals surface area contributed by atoms with Gasteiger partial charge in [0.25, 0.3) is 0 Å². The molecule has 0 bridgehead atoms. The van der Waals surface area contributed by atoms with Crippen LogP contribution in [0.25, 0.3) is 10.1 Å². The first-order chi connectivity index (χ1) is 13.6. The Balaban J connectivity index is 1.36. The van der Waals surface area contributed by atoms with E-state index in [1.165, 1.54) is 20.5 Å². The molecular weight excluding hydrogens is 372 g/mol. The van der Waals surface area contributed by atoms with E-state index in [1.807, 2.05) is 34.4 Å². The van der Waals surface area contributed by atoms with E-state index in [0.29, 0.717) is 0 Å². The minimum absolute atomic E-state index is 0.0576. The molecule has 0 radical (unpaired) electrons. The molecule has 0 spiro atoms. The highest BCUT2D eigenvalue weighted by atomic mass is 32.1. The number of rotatable bonds is 4. The number of thiophene rings is 1. The highest BCUT2D eigenvalue weighted by molar-refractivity contribution is 7.19. The molecule has 3 aromatic rings. The number of piperazine rings is 1. The summed E-state index contributed by atoms with van der Waals surface area (Å²) in [4.78, 5) is 22.1. The molecule has 7 heteroatoms. The highest BCUT2D eigenvalue weighted by Gasteiger charge is 2.22. The minimum atomic E-state index is -0.0576. The second-order valence-electron chi connectivity index (χ2n) is 6.95. The number of anilines is 1. The zero-order chi connectivity index (χ0) is 19.5. The van der Waals surface area contributed by atoms with Crippen molar-refractivity contribution in [2.75, 3.05) is 38.6 Å². The maximum absolute atomic E-state index is 12.4. The third-order valence-corrected chi connectivity index (χ3v) is 6.42. The van der Waals surface area contributed by atoms with Crippen molar-refractivity contribution >= 4 is 33.1 Å². The van der Waals surface area contributed by atoms with E-state index in [2.05, 4.69) is 34.3 Å². The van der Waals surface area contributed by atoms with Crippen LogP contribution in [0, 0.1) is 6.92 Å². The predicted octanol–water partition coefficient (Wildman–Crippen LogP) is 3.96. The van der Waals surface area contributed by atoms with E-state index >= 15 is 0 Å². The fraction of sp³-hybridized carbons (Fsp3) is 0.333. The summed E-state index contributed by atoms with van der Waals surface area (Å²) in [5.74, 6) is 0.897. The Kier molecular flexibility index (Phi) is 5.45. The third kappa shape index (κ3) is 3.95. The number of urea groups is 1. The lowest BCUT2D eigenvalue weighted by Gasteiger charge is -2.34. The second-order valence-corrected chi connectivity index (χ2v) is 8.08. The summed E-state index contributed by atoms with van der Waals surface area (Å²) in [6.45, 7) is 6.31. The number of fused-ring (bicyclic) bond motifs is 1. The lowest BCUT2D eigenvalue weighted by atomic mass is 10.1. The molecule has 28 heavy (non-hydrogen) atoms. The number of nitrogens with one attached hydrogen (secondary N) is 1. The first-order valence-electron chi connectivity index (χ1n) is 9.38. The lowest BCUT2D eigenvalue weighted by molar-refractivity contribution is 0.143. The molecule has 0 unspecified atom stereocenters. The summed E-state index contributed by atoms with van der Waals surface area (Å²) in [6, 6.07) is 9.88. The van der Waals surface area contributed by atoms with Crippen molar-refractivity contribution in [1.82, 2.24) is 14.8 Å². The van der Waals surface area contributed by atoms with Gasteiger partial charge in [-0.1, -0.05) is 0 Å². The number of carbonyl (C=O) groups excluding carboxylic acids is 1. The van der Waals surface area contributed by atoms with Gasteiger partial charge in [0.1, 0.15) is 5.75 Å². The largest absolute Gasteiger partial charge is 0.497 e. The van der Waals surface area contributed by atoms with Crippen LogP contribution >= 0.6 is 11.3 Å². The summed E-state index contributed by atoms with van der Waals surface area (Å²) >= 11 is 1.83. The van der Waals surface area contributed by atoms with Gasteiger partial charge in [0, 0.05) is 48.5 Å². The Morgan fingerprint density at radius 1 is 1.25 bits per heavy atom. The van der Waals surface area contributed by atoms with E-state index in [0.717, 1.165) is 44.2 Å². The molecule has 3 heterocycles. The molecule has 2 aromatic heterocycles. The van der Waals surface area contributed by atoms with Crippen LogP contribution in [0.1, 0.15) is 10.4 Å². The maximum Gasteiger partial charge on any atom is 0.321 e. The molecule has 1 aliphatic rings. The van der Waals surface area contributed by atoms with Crippen molar-refractivity contribution in [2.24, 2.45) is 0 Å². The quantitative estimate of drug-likeness (QED) is 0.725. The van der Waals surface area contributed by atoms with Crippen molar-refractivity contribution in [3.63, 3.8) is 0 Å². The molecule has 0 atom stereocenters. The van der Waals surface area contributed by atoms with Crippen LogP contribution in [0.4, 0.5) is 10.5 Å². The Morgan fingerprint density at radius 2 is 2.07 bits per heavy atom. The van der Waals surface area contributed by atoms with Gasteiger partial charge in [0.05, 0.1) is 19.0 Å².